The third-order valence-electron chi connectivity index (χ3n) is 4.69. The number of ether oxygens (including phenoxy) is 2. The van der Waals surface area contributed by atoms with Gasteiger partial charge in [-0.15, -0.1) is 0 Å². The van der Waals surface area contributed by atoms with Crippen LogP contribution >= 0.6 is 12.6 Å². The molecule has 1 aliphatic rings. The first-order valence-electron chi connectivity index (χ1n) is 9.72. The van der Waals surface area contributed by atoms with E-state index in [4.69, 9.17) is 9.47 Å². The first-order valence-corrected chi connectivity index (χ1v) is 10.2. The van der Waals surface area contributed by atoms with Crippen molar-refractivity contribution in [3.05, 3.63) is 66.2 Å². The van der Waals surface area contributed by atoms with Crippen molar-refractivity contribution in [3.63, 3.8) is 0 Å². The minimum Gasteiger partial charge on any atom is -0.449 e. The Bertz CT molecular complexity index is 878. The number of amides is 3. The van der Waals surface area contributed by atoms with Crippen LogP contribution < -0.4 is 4.90 Å². The van der Waals surface area contributed by atoms with Crippen LogP contribution in [-0.4, -0.2) is 47.4 Å². The molecule has 3 amide bonds. The molecule has 2 aromatic carbocycles. The molecule has 2 atom stereocenters. The first kappa shape index (κ1) is 21.7. The van der Waals surface area contributed by atoms with Crippen LogP contribution in [0.3, 0.4) is 0 Å². The Labute approximate surface area is 181 Å². The van der Waals surface area contributed by atoms with E-state index in [1.54, 1.807) is 37.3 Å². The van der Waals surface area contributed by atoms with E-state index in [0.717, 1.165) is 10.5 Å². The second kappa shape index (κ2) is 10.2. The van der Waals surface area contributed by atoms with Gasteiger partial charge in [-0.1, -0.05) is 48.5 Å². The van der Waals surface area contributed by atoms with Crippen LogP contribution in [0.5, 0.6) is 0 Å². The highest BCUT2D eigenvalue weighted by atomic mass is 32.1. The summed E-state index contributed by atoms with van der Waals surface area (Å²) in [5.74, 6) is -0.548. The third-order valence-corrected chi connectivity index (χ3v) is 5.06. The van der Waals surface area contributed by atoms with Gasteiger partial charge in [0.1, 0.15) is 12.6 Å². The topological polar surface area (TPSA) is 76.2 Å². The molecule has 0 aliphatic carbocycles. The lowest BCUT2D eigenvalue weighted by molar-refractivity contribution is -0.122. The normalized spacial score (nSPS) is 18.0. The monoisotopic (exact) mass is 428 g/mol. The van der Waals surface area contributed by atoms with Crippen LogP contribution in [0.1, 0.15) is 18.9 Å². The van der Waals surface area contributed by atoms with Crippen LogP contribution in [0.4, 0.5) is 15.3 Å². The zero-order valence-corrected chi connectivity index (χ0v) is 17.5. The van der Waals surface area contributed by atoms with Gasteiger partial charge >= 0.3 is 12.2 Å². The van der Waals surface area contributed by atoms with Crippen molar-refractivity contribution in [1.82, 2.24) is 4.90 Å². The lowest BCUT2D eigenvalue weighted by Gasteiger charge is -2.28. The van der Waals surface area contributed by atoms with E-state index in [9.17, 15) is 14.4 Å². The van der Waals surface area contributed by atoms with Crippen LogP contribution in [0.25, 0.3) is 0 Å². The molecule has 8 heteroatoms. The lowest BCUT2D eigenvalue weighted by Crippen LogP contribution is -2.50. The van der Waals surface area contributed by atoms with E-state index in [1.807, 2.05) is 30.3 Å². The fourth-order valence-electron chi connectivity index (χ4n) is 3.29. The number of anilines is 1. The molecule has 2 unspecified atom stereocenters. The summed E-state index contributed by atoms with van der Waals surface area (Å²) in [5, 5.41) is -0.206. The largest absolute Gasteiger partial charge is 0.449 e. The smallest absolute Gasteiger partial charge is 0.421 e. The minimum absolute atomic E-state index is 0.0919. The Hall–Kier alpha value is -3.00. The van der Waals surface area contributed by atoms with Crippen molar-refractivity contribution in [2.45, 2.75) is 31.2 Å². The average molecular weight is 429 g/mol. The number of benzene rings is 2. The van der Waals surface area contributed by atoms with E-state index >= 15 is 0 Å². The van der Waals surface area contributed by atoms with Gasteiger partial charge in [0.05, 0.1) is 12.3 Å². The third kappa shape index (κ3) is 5.13. The summed E-state index contributed by atoms with van der Waals surface area (Å²) in [6.07, 6.45) is -1.09. The molecular weight excluding hydrogens is 404 g/mol. The van der Waals surface area contributed by atoms with Crippen molar-refractivity contribution in [2.24, 2.45) is 0 Å². The van der Waals surface area contributed by atoms with Crippen molar-refractivity contribution in [1.29, 1.82) is 0 Å². The van der Waals surface area contributed by atoms with Gasteiger partial charge in [-0.05, 0) is 31.0 Å². The van der Waals surface area contributed by atoms with Gasteiger partial charge in [0.15, 0.2) is 0 Å². The van der Waals surface area contributed by atoms with Gasteiger partial charge in [0, 0.05) is 11.8 Å². The Kier molecular flexibility index (Phi) is 7.35. The summed E-state index contributed by atoms with van der Waals surface area (Å²) in [5.41, 5.74) is 1.22. The molecule has 0 radical (unpaired) electrons. The maximum Gasteiger partial charge on any atom is 0.421 e. The molecule has 2 aromatic rings. The van der Waals surface area contributed by atoms with Crippen molar-refractivity contribution in [3.8, 4) is 0 Å². The van der Waals surface area contributed by atoms with Crippen LogP contribution in [-0.2, 0) is 20.9 Å². The molecule has 3 rings (SSSR count). The molecule has 158 valence electrons. The zero-order chi connectivity index (χ0) is 21.5. The number of imide groups is 1. The summed E-state index contributed by atoms with van der Waals surface area (Å²) >= 11 is 4.45. The molecule has 0 N–H and O–H groups in total. The van der Waals surface area contributed by atoms with Crippen molar-refractivity contribution in [2.75, 3.05) is 18.1 Å². The summed E-state index contributed by atoms with van der Waals surface area (Å²) in [7, 11) is 0. The number of hydrogen-bond acceptors (Lipinski definition) is 6. The van der Waals surface area contributed by atoms with Gasteiger partial charge in [-0.2, -0.15) is 12.6 Å². The lowest BCUT2D eigenvalue weighted by atomic mass is 10.1. The highest BCUT2D eigenvalue weighted by Crippen LogP contribution is 2.27. The molecule has 1 aliphatic heterocycles. The molecule has 0 saturated carbocycles. The second-order valence-electron chi connectivity index (χ2n) is 6.81. The number of thiol groups is 1. The maximum absolute atomic E-state index is 13.3. The van der Waals surface area contributed by atoms with Crippen LogP contribution in [0.15, 0.2) is 60.7 Å². The Morgan fingerprint density at radius 1 is 1.03 bits per heavy atom. The molecular formula is C22H24N2O5S. The molecule has 1 fully saturated rings. The Balaban J connectivity index is 1.78. The van der Waals surface area contributed by atoms with E-state index in [2.05, 4.69) is 12.6 Å². The van der Waals surface area contributed by atoms with Crippen LogP contribution in [0.2, 0.25) is 0 Å². The minimum atomic E-state index is -0.875. The SMILES string of the molecule is CCOC(=O)N(C(=O)C1CC(S)CN1C(=O)OCc1ccccc1)c1ccccc1. The van der Waals surface area contributed by atoms with E-state index in [1.165, 1.54) is 4.90 Å². The number of carbonyl (C=O) groups is 3. The predicted molar refractivity (Wildman–Crippen MR) is 115 cm³/mol. The second-order valence-corrected chi connectivity index (χ2v) is 7.54. The van der Waals surface area contributed by atoms with Crippen molar-refractivity contribution < 1.29 is 23.9 Å². The fourth-order valence-corrected chi connectivity index (χ4v) is 3.66. The summed E-state index contributed by atoms with van der Waals surface area (Å²) in [4.78, 5) is 40.9. The number of hydrogen-bond donors (Lipinski definition) is 1. The zero-order valence-electron chi connectivity index (χ0n) is 16.6. The quantitative estimate of drug-likeness (QED) is 0.732. The average Bonchev–Trinajstić information content (AvgIpc) is 3.16. The number of likely N-dealkylation sites (tertiary alicyclic amines) is 1. The molecule has 0 spiro atoms. The summed E-state index contributed by atoms with van der Waals surface area (Å²) in [6.45, 7) is 2.13. The summed E-state index contributed by atoms with van der Waals surface area (Å²) < 4.78 is 10.5. The molecule has 0 bridgehead atoms. The summed E-state index contributed by atoms with van der Waals surface area (Å²) in [6, 6.07) is 16.9. The number of nitrogens with zero attached hydrogens (tertiary/aromatic N) is 2. The molecule has 30 heavy (non-hydrogen) atoms. The molecule has 7 nitrogen and oxygen atoms in total. The highest BCUT2D eigenvalue weighted by molar-refractivity contribution is 7.81. The number of carbonyl (C=O) groups excluding carboxylic acids is 3. The van der Waals surface area contributed by atoms with E-state index in [-0.39, 0.29) is 25.0 Å². The van der Waals surface area contributed by atoms with Gasteiger partial charge in [-0.25, -0.2) is 14.5 Å². The van der Waals surface area contributed by atoms with Gasteiger partial charge in [0.25, 0.3) is 5.91 Å². The van der Waals surface area contributed by atoms with Gasteiger partial charge < -0.3 is 9.47 Å². The molecule has 1 saturated heterocycles. The van der Waals surface area contributed by atoms with Gasteiger partial charge in [-0.3, -0.25) is 9.69 Å². The van der Waals surface area contributed by atoms with Crippen LogP contribution in [0, 0.1) is 0 Å². The molecule has 1 heterocycles. The van der Waals surface area contributed by atoms with Crippen molar-refractivity contribution >= 4 is 36.4 Å². The predicted octanol–water partition coefficient (Wildman–Crippen LogP) is 3.89. The van der Waals surface area contributed by atoms with E-state index < -0.39 is 24.1 Å². The first-order chi connectivity index (χ1) is 14.5. The fraction of sp³-hybridized carbons (Fsp3) is 0.318. The standard InChI is InChI=1S/C22H24N2O5S/c1-2-28-22(27)24(17-11-7-4-8-12-17)20(25)19-13-18(30)14-23(19)21(26)29-15-16-9-5-3-6-10-16/h3-12,18-19,30H,2,13-15H2,1H3. The Morgan fingerprint density at radius 3 is 2.30 bits per heavy atom. The highest BCUT2D eigenvalue weighted by Gasteiger charge is 2.43. The number of rotatable bonds is 5. The number of para-hydroxylation sites is 1. The maximum atomic E-state index is 13.3. The Morgan fingerprint density at radius 2 is 1.67 bits per heavy atom. The molecule has 0 aromatic heterocycles. The van der Waals surface area contributed by atoms with Gasteiger partial charge in [0.2, 0.25) is 0 Å². The van der Waals surface area contributed by atoms with E-state index in [0.29, 0.717) is 12.1 Å².